The summed E-state index contributed by atoms with van der Waals surface area (Å²) in [5.74, 6) is 0.817. The molecule has 0 saturated heterocycles. The second kappa shape index (κ2) is 6.83. The number of ketones is 1. The highest BCUT2D eigenvalue weighted by molar-refractivity contribution is 5.98. The summed E-state index contributed by atoms with van der Waals surface area (Å²) in [7, 11) is 0. The second-order valence-corrected chi connectivity index (χ2v) is 3.55. The fourth-order valence-electron chi connectivity index (χ4n) is 1.42. The van der Waals surface area contributed by atoms with E-state index in [9.17, 15) is 4.79 Å². The molecule has 0 saturated carbocycles. The standard InChI is InChI=1S/C14H18O2/c1-3-5-8-11-16-14-10-7-6-9-12(14)13(15)4-2/h3,6-7,9-10H,1,4-5,8,11H2,2H3. The van der Waals surface area contributed by atoms with E-state index in [1.165, 1.54) is 0 Å². The first-order valence-corrected chi connectivity index (χ1v) is 5.65. The third-order valence-electron chi connectivity index (χ3n) is 2.32. The zero-order valence-electron chi connectivity index (χ0n) is 9.74. The Balaban J connectivity index is 2.64. The molecule has 0 fully saturated rings. The lowest BCUT2D eigenvalue weighted by atomic mass is 10.1. The van der Waals surface area contributed by atoms with Crippen molar-refractivity contribution in [2.45, 2.75) is 26.2 Å². The summed E-state index contributed by atoms with van der Waals surface area (Å²) in [4.78, 5) is 11.6. The summed E-state index contributed by atoms with van der Waals surface area (Å²) >= 11 is 0. The first-order valence-electron chi connectivity index (χ1n) is 5.65. The van der Waals surface area contributed by atoms with Gasteiger partial charge >= 0.3 is 0 Å². The normalized spacial score (nSPS) is 9.81. The second-order valence-electron chi connectivity index (χ2n) is 3.55. The van der Waals surface area contributed by atoms with Crippen LogP contribution >= 0.6 is 0 Å². The lowest BCUT2D eigenvalue weighted by molar-refractivity contribution is 0.0984. The summed E-state index contributed by atoms with van der Waals surface area (Å²) in [6.45, 7) is 6.14. The van der Waals surface area contributed by atoms with Crippen LogP contribution in [0.4, 0.5) is 0 Å². The molecule has 0 bridgehead atoms. The van der Waals surface area contributed by atoms with Crippen molar-refractivity contribution in [1.82, 2.24) is 0 Å². The van der Waals surface area contributed by atoms with Crippen molar-refractivity contribution in [3.05, 3.63) is 42.5 Å². The molecule has 86 valence electrons. The van der Waals surface area contributed by atoms with Crippen molar-refractivity contribution >= 4 is 5.78 Å². The first kappa shape index (κ1) is 12.5. The number of para-hydroxylation sites is 1. The van der Waals surface area contributed by atoms with Crippen LogP contribution < -0.4 is 4.74 Å². The Hall–Kier alpha value is -1.57. The van der Waals surface area contributed by atoms with Crippen LogP contribution in [0.2, 0.25) is 0 Å². The van der Waals surface area contributed by atoms with E-state index >= 15 is 0 Å². The van der Waals surface area contributed by atoms with Gasteiger partial charge < -0.3 is 4.74 Å². The molecule has 0 aromatic heterocycles. The Morgan fingerprint density at radius 1 is 1.44 bits per heavy atom. The lowest BCUT2D eigenvalue weighted by Gasteiger charge is -2.09. The van der Waals surface area contributed by atoms with Gasteiger partial charge in [0.05, 0.1) is 12.2 Å². The summed E-state index contributed by atoms with van der Waals surface area (Å²) in [5, 5.41) is 0. The SMILES string of the molecule is C=CCCCOc1ccccc1C(=O)CC. The van der Waals surface area contributed by atoms with Crippen molar-refractivity contribution in [2.24, 2.45) is 0 Å². The van der Waals surface area contributed by atoms with Gasteiger partial charge in [0.15, 0.2) is 5.78 Å². The van der Waals surface area contributed by atoms with Crippen molar-refractivity contribution in [1.29, 1.82) is 0 Å². The number of hydrogen-bond donors (Lipinski definition) is 0. The maximum absolute atomic E-state index is 11.6. The predicted molar refractivity (Wildman–Crippen MR) is 66.0 cm³/mol. The topological polar surface area (TPSA) is 26.3 Å². The molecular weight excluding hydrogens is 200 g/mol. The average Bonchev–Trinajstić information content (AvgIpc) is 2.34. The number of ether oxygens (including phenoxy) is 1. The third kappa shape index (κ3) is 3.54. The fraction of sp³-hybridized carbons (Fsp3) is 0.357. The lowest BCUT2D eigenvalue weighted by Crippen LogP contribution is -2.04. The zero-order valence-corrected chi connectivity index (χ0v) is 9.74. The maximum Gasteiger partial charge on any atom is 0.166 e. The van der Waals surface area contributed by atoms with Gasteiger partial charge in [0.25, 0.3) is 0 Å². The Morgan fingerprint density at radius 2 is 2.19 bits per heavy atom. The molecule has 0 radical (unpaired) electrons. The molecule has 0 aliphatic rings. The molecule has 0 atom stereocenters. The van der Waals surface area contributed by atoms with Gasteiger partial charge in [-0.15, -0.1) is 6.58 Å². The van der Waals surface area contributed by atoms with Crippen LogP contribution in [0.5, 0.6) is 5.75 Å². The van der Waals surface area contributed by atoms with E-state index in [0.29, 0.717) is 24.3 Å². The van der Waals surface area contributed by atoms with Crippen LogP contribution in [0.1, 0.15) is 36.5 Å². The summed E-state index contributed by atoms with van der Waals surface area (Å²) in [6.07, 6.45) is 4.24. The predicted octanol–water partition coefficient (Wildman–Crippen LogP) is 3.62. The van der Waals surface area contributed by atoms with Crippen molar-refractivity contribution < 1.29 is 9.53 Å². The van der Waals surface area contributed by atoms with E-state index in [1.807, 2.05) is 37.3 Å². The Bertz CT molecular complexity index is 356. The van der Waals surface area contributed by atoms with Crippen LogP contribution in [-0.4, -0.2) is 12.4 Å². The molecule has 2 nitrogen and oxygen atoms in total. The number of benzene rings is 1. The van der Waals surface area contributed by atoms with E-state index in [0.717, 1.165) is 12.8 Å². The molecule has 0 aliphatic heterocycles. The van der Waals surface area contributed by atoms with Gasteiger partial charge in [-0.2, -0.15) is 0 Å². The molecule has 0 aliphatic carbocycles. The van der Waals surface area contributed by atoms with E-state index in [-0.39, 0.29) is 5.78 Å². The van der Waals surface area contributed by atoms with Gasteiger partial charge in [-0.3, -0.25) is 4.79 Å². The Morgan fingerprint density at radius 3 is 2.88 bits per heavy atom. The van der Waals surface area contributed by atoms with Crippen molar-refractivity contribution in [2.75, 3.05) is 6.61 Å². The summed E-state index contributed by atoms with van der Waals surface area (Å²) in [6, 6.07) is 7.40. The van der Waals surface area contributed by atoms with Crippen LogP contribution in [0, 0.1) is 0 Å². The van der Waals surface area contributed by atoms with Crippen LogP contribution in [0.15, 0.2) is 36.9 Å². The van der Waals surface area contributed by atoms with Gasteiger partial charge in [0.1, 0.15) is 5.75 Å². The summed E-state index contributed by atoms with van der Waals surface area (Å²) in [5.41, 5.74) is 0.684. The van der Waals surface area contributed by atoms with Gasteiger partial charge in [-0.1, -0.05) is 25.1 Å². The number of carbonyl (C=O) groups excluding carboxylic acids is 1. The van der Waals surface area contributed by atoms with Gasteiger partial charge in [0, 0.05) is 6.42 Å². The monoisotopic (exact) mass is 218 g/mol. The molecule has 1 rings (SSSR count). The smallest absolute Gasteiger partial charge is 0.166 e. The van der Waals surface area contributed by atoms with E-state index in [1.54, 1.807) is 0 Å². The van der Waals surface area contributed by atoms with Crippen LogP contribution in [0.25, 0.3) is 0 Å². The minimum atomic E-state index is 0.124. The van der Waals surface area contributed by atoms with E-state index < -0.39 is 0 Å². The van der Waals surface area contributed by atoms with Crippen molar-refractivity contribution in [3.63, 3.8) is 0 Å². The average molecular weight is 218 g/mol. The third-order valence-corrected chi connectivity index (χ3v) is 2.32. The Labute approximate surface area is 96.9 Å². The van der Waals surface area contributed by atoms with Crippen LogP contribution in [-0.2, 0) is 0 Å². The zero-order chi connectivity index (χ0) is 11.8. The van der Waals surface area contributed by atoms with E-state index in [4.69, 9.17) is 4.74 Å². The van der Waals surface area contributed by atoms with Gasteiger partial charge in [0.2, 0.25) is 0 Å². The number of rotatable bonds is 7. The minimum absolute atomic E-state index is 0.124. The van der Waals surface area contributed by atoms with E-state index in [2.05, 4.69) is 6.58 Å². The highest BCUT2D eigenvalue weighted by Gasteiger charge is 2.09. The minimum Gasteiger partial charge on any atom is -0.493 e. The first-order chi connectivity index (χ1) is 7.79. The molecule has 1 aromatic rings. The molecule has 1 aromatic carbocycles. The summed E-state index contributed by atoms with van der Waals surface area (Å²) < 4.78 is 5.59. The molecule has 0 spiro atoms. The fourth-order valence-corrected chi connectivity index (χ4v) is 1.42. The number of unbranched alkanes of at least 4 members (excludes halogenated alkanes) is 1. The van der Waals surface area contributed by atoms with Gasteiger partial charge in [-0.05, 0) is 25.0 Å². The number of Topliss-reactive ketones (excluding diaryl/α,β-unsaturated/α-hetero) is 1. The molecule has 2 heteroatoms. The molecule has 0 amide bonds. The number of allylic oxidation sites excluding steroid dienone is 1. The quantitative estimate of drug-likeness (QED) is 0.397. The van der Waals surface area contributed by atoms with Crippen LogP contribution in [0.3, 0.4) is 0 Å². The Kier molecular flexibility index (Phi) is 5.34. The van der Waals surface area contributed by atoms with Gasteiger partial charge in [-0.25, -0.2) is 0 Å². The molecule has 0 heterocycles. The molecule has 16 heavy (non-hydrogen) atoms. The number of carbonyl (C=O) groups is 1. The van der Waals surface area contributed by atoms with Crippen molar-refractivity contribution in [3.8, 4) is 5.75 Å². The molecule has 0 unspecified atom stereocenters. The molecule has 0 N–H and O–H groups in total. The maximum atomic E-state index is 11.6. The number of hydrogen-bond acceptors (Lipinski definition) is 2. The molecular formula is C14H18O2. The highest BCUT2D eigenvalue weighted by atomic mass is 16.5. The largest absolute Gasteiger partial charge is 0.493 e. The highest BCUT2D eigenvalue weighted by Crippen LogP contribution is 2.19.